The van der Waals surface area contributed by atoms with Crippen LogP contribution in [-0.4, -0.2) is 21.9 Å². The van der Waals surface area contributed by atoms with E-state index in [1.54, 1.807) is 0 Å². The lowest BCUT2D eigenvalue weighted by molar-refractivity contribution is -0.136. The zero-order valence-corrected chi connectivity index (χ0v) is 10.3. The Balaban J connectivity index is 0.000000288. The normalized spacial score (nSPS) is 8.88. The zero-order valence-electron chi connectivity index (χ0n) is 9.47. The highest BCUT2D eigenvalue weighted by molar-refractivity contribution is 8.13. The highest BCUT2D eigenvalue weighted by Crippen LogP contribution is 2.02. The number of aryl methyl sites for hydroxylation is 1. The Morgan fingerprint density at radius 3 is 2.12 bits per heavy atom. The van der Waals surface area contributed by atoms with Gasteiger partial charge in [0.2, 0.25) is 0 Å². The predicted molar refractivity (Wildman–Crippen MR) is 66.6 cm³/mol. The summed E-state index contributed by atoms with van der Waals surface area (Å²) in [6.45, 7) is 3.51. The quantitative estimate of drug-likeness (QED) is 0.882. The number of aliphatic carboxylic acids is 1. The summed E-state index contributed by atoms with van der Waals surface area (Å²) in [4.78, 5) is 20.1. The SMILES string of the molecule is CC(=O)SCCC(=O)O.Cc1ccccc1. The third-order valence-electron chi connectivity index (χ3n) is 1.56. The monoisotopic (exact) mass is 240 g/mol. The number of carbonyl (C=O) groups excluding carboxylic acids is 1. The number of rotatable bonds is 3. The van der Waals surface area contributed by atoms with E-state index in [1.165, 1.54) is 12.5 Å². The molecule has 0 atom stereocenters. The summed E-state index contributed by atoms with van der Waals surface area (Å²) in [5.41, 5.74) is 1.32. The maximum absolute atomic E-state index is 10.2. The van der Waals surface area contributed by atoms with E-state index in [0.717, 1.165) is 11.8 Å². The van der Waals surface area contributed by atoms with Gasteiger partial charge in [-0.2, -0.15) is 0 Å². The van der Waals surface area contributed by atoms with Crippen molar-refractivity contribution in [2.24, 2.45) is 0 Å². The Kier molecular flexibility index (Phi) is 8.25. The topological polar surface area (TPSA) is 54.4 Å². The van der Waals surface area contributed by atoms with Gasteiger partial charge in [-0.3, -0.25) is 9.59 Å². The van der Waals surface area contributed by atoms with E-state index >= 15 is 0 Å². The van der Waals surface area contributed by atoms with Gasteiger partial charge >= 0.3 is 5.97 Å². The molecule has 0 saturated carbocycles. The van der Waals surface area contributed by atoms with Crippen LogP contribution in [0.5, 0.6) is 0 Å². The number of carboxylic acids is 1. The van der Waals surface area contributed by atoms with Gasteiger partial charge in [-0.15, -0.1) is 0 Å². The molecular formula is C12H16O3S. The predicted octanol–water partition coefficient (Wildman–Crippen LogP) is 2.74. The van der Waals surface area contributed by atoms with E-state index in [-0.39, 0.29) is 11.5 Å². The summed E-state index contributed by atoms with van der Waals surface area (Å²) in [6, 6.07) is 10.3. The molecule has 0 aliphatic rings. The first-order chi connectivity index (χ1) is 7.52. The summed E-state index contributed by atoms with van der Waals surface area (Å²) in [6.07, 6.45) is 0.0598. The van der Waals surface area contributed by atoms with Crippen molar-refractivity contribution >= 4 is 22.8 Å². The van der Waals surface area contributed by atoms with Gasteiger partial charge in [0.05, 0.1) is 6.42 Å². The van der Waals surface area contributed by atoms with Gasteiger partial charge in [0.25, 0.3) is 0 Å². The van der Waals surface area contributed by atoms with Crippen LogP contribution in [0.25, 0.3) is 0 Å². The van der Waals surface area contributed by atoms with Crippen LogP contribution in [0.4, 0.5) is 0 Å². The molecule has 0 amide bonds. The highest BCUT2D eigenvalue weighted by Gasteiger charge is 1.97. The van der Waals surface area contributed by atoms with Crippen LogP contribution in [0.2, 0.25) is 0 Å². The molecule has 4 heteroatoms. The fourth-order valence-electron chi connectivity index (χ4n) is 0.816. The van der Waals surface area contributed by atoms with Crippen LogP contribution < -0.4 is 0 Å². The van der Waals surface area contributed by atoms with Crippen LogP contribution in [0, 0.1) is 6.92 Å². The Morgan fingerprint density at radius 1 is 1.25 bits per heavy atom. The molecule has 16 heavy (non-hydrogen) atoms. The van der Waals surface area contributed by atoms with Crippen molar-refractivity contribution in [3.8, 4) is 0 Å². The van der Waals surface area contributed by atoms with E-state index in [0.29, 0.717) is 5.75 Å². The lowest BCUT2D eigenvalue weighted by atomic mass is 10.2. The molecule has 88 valence electrons. The molecule has 1 aromatic rings. The standard InChI is InChI=1S/C7H8.C5H8O3S/c1-7-5-3-2-4-6-7;1-4(6)9-3-2-5(7)8/h2-6H,1H3;2-3H2,1H3,(H,7,8). The zero-order chi connectivity index (χ0) is 12.4. The van der Waals surface area contributed by atoms with Crippen molar-refractivity contribution in [2.75, 3.05) is 5.75 Å². The minimum absolute atomic E-state index is 0.0312. The van der Waals surface area contributed by atoms with Crippen molar-refractivity contribution in [2.45, 2.75) is 20.3 Å². The number of hydrogen-bond donors (Lipinski definition) is 1. The Labute approximate surface area is 99.9 Å². The molecule has 0 heterocycles. The van der Waals surface area contributed by atoms with E-state index < -0.39 is 5.97 Å². The molecular weight excluding hydrogens is 224 g/mol. The average molecular weight is 240 g/mol. The van der Waals surface area contributed by atoms with Gasteiger partial charge in [0.15, 0.2) is 5.12 Å². The summed E-state index contributed by atoms with van der Waals surface area (Å²) >= 11 is 1.04. The molecule has 0 radical (unpaired) electrons. The fourth-order valence-corrected chi connectivity index (χ4v) is 1.38. The number of thioether (sulfide) groups is 1. The van der Waals surface area contributed by atoms with Gasteiger partial charge in [-0.1, -0.05) is 47.7 Å². The second kappa shape index (κ2) is 8.97. The van der Waals surface area contributed by atoms with Crippen LogP contribution in [0.1, 0.15) is 18.9 Å². The fraction of sp³-hybridized carbons (Fsp3) is 0.333. The number of benzene rings is 1. The van der Waals surface area contributed by atoms with Crippen LogP contribution in [0.3, 0.4) is 0 Å². The minimum atomic E-state index is -0.858. The van der Waals surface area contributed by atoms with Gasteiger partial charge in [0, 0.05) is 12.7 Å². The van der Waals surface area contributed by atoms with Crippen molar-refractivity contribution in [3.63, 3.8) is 0 Å². The van der Waals surface area contributed by atoms with E-state index in [1.807, 2.05) is 18.2 Å². The largest absolute Gasteiger partial charge is 0.481 e. The Morgan fingerprint density at radius 2 is 1.81 bits per heavy atom. The molecule has 0 spiro atoms. The van der Waals surface area contributed by atoms with Gasteiger partial charge in [-0.05, 0) is 6.92 Å². The molecule has 0 aromatic heterocycles. The first-order valence-corrected chi connectivity index (χ1v) is 5.87. The van der Waals surface area contributed by atoms with E-state index in [9.17, 15) is 9.59 Å². The molecule has 1 aromatic carbocycles. The first kappa shape index (κ1) is 14.7. The first-order valence-electron chi connectivity index (χ1n) is 4.89. The molecule has 3 nitrogen and oxygen atoms in total. The van der Waals surface area contributed by atoms with Crippen LogP contribution in [-0.2, 0) is 9.59 Å². The second-order valence-electron chi connectivity index (χ2n) is 3.14. The second-order valence-corrected chi connectivity index (χ2v) is 4.41. The molecule has 0 aliphatic heterocycles. The Bertz CT molecular complexity index is 308. The molecule has 0 unspecified atom stereocenters. The summed E-state index contributed by atoms with van der Waals surface area (Å²) in [7, 11) is 0. The smallest absolute Gasteiger partial charge is 0.304 e. The maximum atomic E-state index is 10.2. The van der Waals surface area contributed by atoms with Gasteiger partial charge in [-0.25, -0.2) is 0 Å². The van der Waals surface area contributed by atoms with Crippen LogP contribution >= 0.6 is 11.8 Å². The van der Waals surface area contributed by atoms with Crippen molar-refractivity contribution < 1.29 is 14.7 Å². The maximum Gasteiger partial charge on any atom is 0.304 e. The molecule has 0 saturated heterocycles. The minimum Gasteiger partial charge on any atom is -0.481 e. The molecule has 0 fully saturated rings. The third-order valence-corrected chi connectivity index (χ3v) is 2.38. The van der Waals surface area contributed by atoms with Gasteiger partial charge in [0.1, 0.15) is 0 Å². The van der Waals surface area contributed by atoms with Gasteiger partial charge < -0.3 is 5.11 Å². The molecule has 1 N–H and O–H groups in total. The lowest BCUT2D eigenvalue weighted by Gasteiger charge is -1.89. The third kappa shape index (κ3) is 10.8. The average Bonchev–Trinajstić information content (AvgIpc) is 2.18. The highest BCUT2D eigenvalue weighted by atomic mass is 32.2. The van der Waals surface area contributed by atoms with Crippen molar-refractivity contribution in [3.05, 3.63) is 35.9 Å². The Hall–Kier alpha value is -1.29. The molecule has 0 aliphatic carbocycles. The summed E-state index contributed by atoms with van der Waals surface area (Å²) in [5, 5.41) is 8.07. The summed E-state index contributed by atoms with van der Waals surface area (Å²) < 4.78 is 0. The van der Waals surface area contributed by atoms with E-state index in [4.69, 9.17) is 5.11 Å². The van der Waals surface area contributed by atoms with Crippen LogP contribution in [0.15, 0.2) is 30.3 Å². The number of carbonyl (C=O) groups is 2. The molecule has 1 rings (SSSR count). The summed E-state index contributed by atoms with van der Waals surface area (Å²) in [5.74, 6) is -0.478. The lowest BCUT2D eigenvalue weighted by Crippen LogP contribution is -1.97. The molecule has 0 bridgehead atoms. The van der Waals surface area contributed by atoms with Crippen molar-refractivity contribution in [1.82, 2.24) is 0 Å². The number of hydrogen-bond acceptors (Lipinski definition) is 3. The van der Waals surface area contributed by atoms with E-state index in [2.05, 4.69) is 19.1 Å². The van der Waals surface area contributed by atoms with Crippen molar-refractivity contribution in [1.29, 1.82) is 0 Å². The number of carboxylic acid groups (broad SMARTS) is 1.